The summed E-state index contributed by atoms with van der Waals surface area (Å²) in [6.45, 7) is 0. The zero-order valence-electron chi connectivity index (χ0n) is 11.9. The minimum absolute atomic E-state index is 0. The molecule has 0 N–H and O–H groups in total. The van der Waals surface area contributed by atoms with E-state index in [0.717, 1.165) is 10.5 Å². The maximum atomic E-state index is 2.38. The minimum Gasteiger partial charge on any atom is -0.197 e. The Morgan fingerprint density at radius 3 is 1.68 bits per heavy atom. The first-order valence-corrected chi connectivity index (χ1v) is 10.9. The highest BCUT2D eigenvalue weighted by molar-refractivity contribution is 8.06. The van der Waals surface area contributed by atoms with Crippen molar-refractivity contribution in [2.45, 2.75) is 73.0 Å². The molecule has 0 aromatic rings. The normalized spacial score (nSPS) is 40.4. The number of thioether (sulfide) groups is 3. The molecule has 0 bridgehead atoms. The van der Waals surface area contributed by atoms with Gasteiger partial charge in [-0.3, -0.25) is 0 Å². The van der Waals surface area contributed by atoms with E-state index in [4.69, 9.17) is 0 Å². The molecule has 0 aromatic carbocycles. The van der Waals surface area contributed by atoms with Crippen LogP contribution in [0.15, 0.2) is 0 Å². The first-order chi connectivity index (χ1) is 8.92. The van der Waals surface area contributed by atoms with Crippen LogP contribution in [-0.4, -0.2) is 32.5 Å². The molecule has 0 amide bonds. The second-order valence-electron chi connectivity index (χ2n) is 5.97. The van der Waals surface area contributed by atoms with E-state index in [1.54, 1.807) is 0 Å². The zero-order valence-corrected chi connectivity index (χ0v) is 15.3. The summed E-state index contributed by atoms with van der Waals surface area (Å²) >= 11 is 7.04. The predicted octanol–water partition coefficient (Wildman–Crippen LogP) is 5.33. The molecule has 0 saturated carbocycles. The lowest BCUT2D eigenvalue weighted by Gasteiger charge is -2.50. The van der Waals surface area contributed by atoms with Gasteiger partial charge in [-0.05, 0) is 55.8 Å². The van der Waals surface area contributed by atoms with Gasteiger partial charge in [0, 0.05) is 15.2 Å². The number of rotatable bonds is 2. The summed E-state index contributed by atoms with van der Waals surface area (Å²) in [7, 11) is 0. The van der Waals surface area contributed by atoms with Gasteiger partial charge in [0.05, 0.1) is 0 Å². The Morgan fingerprint density at radius 2 is 1.26 bits per heavy atom. The van der Waals surface area contributed by atoms with Crippen molar-refractivity contribution in [1.29, 1.82) is 0 Å². The lowest BCUT2D eigenvalue weighted by molar-refractivity contribution is 0.418. The van der Waals surface area contributed by atoms with Crippen LogP contribution in [0, 0.1) is 0 Å². The van der Waals surface area contributed by atoms with Crippen molar-refractivity contribution in [3.8, 4) is 0 Å². The Hall–Kier alpha value is 1.40. The number of hydrogen-bond donors (Lipinski definition) is 0. The average Bonchev–Trinajstić information content (AvgIpc) is 2.50. The van der Waals surface area contributed by atoms with Gasteiger partial charge in [-0.25, -0.2) is 0 Å². The molecule has 3 saturated heterocycles. The molecular weight excluding hydrogens is 308 g/mol. The van der Waals surface area contributed by atoms with Gasteiger partial charge < -0.3 is 0 Å². The van der Waals surface area contributed by atoms with Crippen LogP contribution in [0.4, 0.5) is 0 Å². The van der Waals surface area contributed by atoms with Crippen LogP contribution in [0.5, 0.6) is 0 Å². The molecule has 3 rings (SSSR count). The summed E-state index contributed by atoms with van der Waals surface area (Å²) < 4.78 is 0.661. The maximum Gasteiger partial charge on any atom is 0.0396 e. The Bertz CT molecular complexity index is 231. The van der Waals surface area contributed by atoms with Crippen LogP contribution in [0.1, 0.15) is 57.8 Å². The Morgan fingerprint density at radius 1 is 0.684 bits per heavy atom. The third-order valence-electron chi connectivity index (χ3n) is 4.78. The van der Waals surface area contributed by atoms with Crippen molar-refractivity contribution < 1.29 is 0 Å². The summed E-state index contributed by atoms with van der Waals surface area (Å²) in [5.41, 5.74) is 0. The Labute approximate surface area is 138 Å². The van der Waals surface area contributed by atoms with Crippen LogP contribution >= 0.6 is 48.8 Å². The minimum atomic E-state index is 0. The van der Waals surface area contributed by atoms with Crippen molar-refractivity contribution >= 4 is 48.8 Å². The van der Waals surface area contributed by atoms with E-state index in [-0.39, 0.29) is 13.5 Å². The first kappa shape index (κ1) is 16.8. The van der Waals surface area contributed by atoms with Crippen molar-refractivity contribution in [2.24, 2.45) is 0 Å². The summed E-state index contributed by atoms with van der Waals surface area (Å²) in [5, 5.41) is 1.96. The van der Waals surface area contributed by atoms with E-state index in [0.29, 0.717) is 4.75 Å². The lowest BCUT2D eigenvalue weighted by atomic mass is 9.87. The zero-order chi connectivity index (χ0) is 12.3. The predicted molar refractivity (Wildman–Crippen MR) is 99.6 cm³/mol. The third kappa shape index (κ3) is 3.78. The topological polar surface area (TPSA) is 0 Å². The van der Waals surface area contributed by atoms with Gasteiger partial charge >= 0.3 is 0 Å². The van der Waals surface area contributed by atoms with E-state index in [2.05, 4.69) is 35.3 Å². The molecule has 3 fully saturated rings. The van der Waals surface area contributed by atoms with Crippen molar-refractivity contribution in [3.63, 3.8) is 0 Å². The first-order valence-electron chi connectivity index (χ1n) is 7.79. The quantitative estimate of drug-likeness (QED) is 0.669. The van der Waals surface area contributed by atoms with Gasteiger partial charge in [0.1, 0.15) is 0 Å². The monoisotopic (exact) mass is 336 g/mol. The third-order valence-corrected chi connectivity index (χ3v) is 10.0. The van der Waals surface area contributed by atoms with Crippen molar-refractivity contribution in [3.05, 3.63) is 0 Å². The van der Waals surface area contributed by atoms with Gasteiger partial charge in [-0.2, -0.15) is 48.8 Å². The fraction of sp³-hybridized carbons (Fsp3) is 1.00. The van der Waals surface area contributed by atoms with E-state index in [9.17, 15) is 0 Å². The summed E-state index contributed by atoms with van der Waals surface area (Å²) in [6.07, 6.45) is 13.5. The van der Waals surface area contributed by atoms with Gasteiger partial charge in [0.25, 0.3) is 0 Å². The van der Waals surface area contributed by atoms with Gasteiger partial charge in [-0.1, -0.05) is 19.3 Å². The van der Waals surface area contributed by atoms with E-state index >= 15 is 0 Å². The maximum absolute atomic E-state index is 2.38. The molecule has 0 spiro atoms. The summed E-state index contributed by atoms with van der Waals surface area (Å²) in [5.74, 6) is 4.31. The molecule has 3 aliphatic rings. The molecule has 112 valence electrons. The molecule has 2 unspecified atom stereocenters. The van der Waals surface area contributed by atoms with Crippen LogP contribution in [0.25, 0.3) is 0 Å². The molecule has 3 heterocycles. The average molecular weight is 337 g/mol. The molecule has 0 aromatic heterocycles. The van der Waals surface area contributed by atoms with E-state index in [1.807, 2.05) is 0 Å². The highest BCUT2D eigenvalue weighted by Crippen LogP contribution is 2.54. The van der Waals surface area contributed by atoms with Crippen LogP contribution in [-0.2, 0) is 0 Å². The highest BCUT2D eigenvalue weighted by Gasteiger charge is 2.47. The Kier molecular flexibility index (Phi) is 7.19. The van der Waals surface area contributed by atoms with Gasteiger partial charge in [0.2, 0.25) is 0 Å². The SMILES string of the molecule is C1CCC(C2(C3CCCCS3)CCCCS2)SC1.S. The summed E-state index contributed by atoms with van der Waals surface area (Å²) in [4.78, 5) is 0. The smallest absolute Gasteiger partial charge is 0.0396 e. The van der Waals surface area contributed by atoms with Gasteiger partial charge in [0.15, 0.2) is 0 Å². The Balaban J connectivity index is 0.00000133. The molecule has 4 heteroatoms. The molecule has 2 atom stereocenters. The van der Waals surface area contributed by atoms with Crippen molar-refractivity contribution in [2.75, 3.05) is 17.3 Å². The molecule has 0 nitrogen and oxygen atoms in total. The van der Waals surface area contributed by atoms with Gasteiger partial charge in [-0.15, -0.1) is 0 Å². The molecule has 0 radical (unpaired) electrons. The van der Waals surface area contributed by atoms with Crippen LogP contribution < -0.4 is 0 Å². The molecular formula is C15H28S4. The fourth-order valence-corrected chi connectivity index (χ4v) is 9.44. The number of hydrogen-bond acceptors (Lipinski definition) is 3. The fourth-order valence-electron chi connectivity index (χ4n) is 3.81. The standard InChI is InChI=1S/C15H26S3.H2S/c1-4-10-16-13(7-1)15(9-3-6-12-18-15)14-8-2-5-11-17-14;/h13-14H,1-12H2;1H2. The molecule has 3 aliphatic heterocycles. The van der Waals surface area contributed by atoms with Crippen LogP contribution in [0.3, 0.4) is 0 Å². The highest BCUT2D eigenvalue weighted by atomic mass is 32.2. The lowest BCUT2D eigenvalue weighted by Crippen LogP contribution is -2.49. The second kappa shape index (κ2) is 8.14. The largest absolute Gasteiger partial charge is 0.197 e. The van der Waals surface area contributed by atoms with E-state index < -0.39 is 0 Å². The van der Waals surface area contributed by atoms with E-state index in [1.165, 1.54) is 75.0 Å². The summed E-state index contributed by atoms with van der Waals surface area (Å²) in [6, 6.07) is 0. The molecule has 19 heavy (non-hydrogen) atoms. The van der Waals surface area contributed by atoms with Crippen molar-refractivity contribution in [1.82, 2.24) is 0 Å². The van der Waals surface area contributed by atoms with Crippen LogP contribution in [0.2, 0.25) is 0 Å². The molecule has 0 aliphatic carbocycles. The second-order valence-corrected chi connectivity index (χ2v) is 10.0.